The van der Waals surface area contributed by atoms with E-state index in [2.05, 4.69) is 21.8 Å². The van der Waals surface area contributed by atoms with Crippen LogP contribution in [0.5, 0.6) is 5.95 Å². The summed E-state index contributed by atoms with van der Waals surface area (Å²) < 4.78 is 4.64. The number of rotatable bonds is 2. The molecule has 18 heavy (non-hydrogen) atoms. The number of aromatic nitrogens is 1. The fourth-order valence-corrected chi connectivity index (χ4v) is 1.87. The number of hydrogen-bond donors (Lipinski definition) is 1. The largest absolute Gasteiger partial charge is 0.479 e. The van der Waals surface area contributed by atoms with Gasteiger partial charge in [0.1, 0.15) is 5.69 Å². The number of benzene rings is 2. The Labute approximate surface area is 104 Å². The third-order valence-corrected chi connectivity index (χ3v) is 2.79. The van der Waals surface area contributed by atoms with Crippen LogP contribution in [0.25, 0.3) is 22.4 Å². The highest BCUT2D eigenvalue weighted by molar-refractivity contribution is 5.68. The van der Waals surface area contributed by atoms with Crippen molar-refractivity contribution in [3.8, 4) is 28.3 Å². The summed E-state index contributed by atoms with van der Waals surface area (Å²) in [7, 11) is 0. The zero-order valence-corrected chi connectivity index (χ0v) is 9.58. The van der Waals surface area contributed by atoms with E-state index in [-0.39, 0.29) is 5.95 Å². The van der Waals surface area contributed by atoms with Crippen LogP contribution in [0.1, 0.15) is 0 Å². The molecule has 0 aliphatic rings. The van der Waals surface area contributed by atoms with E-state index in [9.17, 15) is 0 Å². The van der Waals surface area contributed by atoms with Crippen LogP contribution in [0.2, 0.25) is 0 Å². The predicted molar refractivity (Wildman–Crippen MR) is 69.0 cm³/mol. The summed E-state index contributed by atoms with van der Waals surface area (Å²) in [6.45, 7) is 0. The zero-order chi connectivity index (χ0) is 12.4. The lowest BCUT2D eigenvalue weighted by molar-refractivity contribution is 0.278. The van der Waals surface area contributed by atoms with Gasteiger partial charge in [0, 0.05) is 5.56 Å². The van der Waals surface area contributed by atoms with Crippen molar-refractivity contribution >= 4 is 0 Å². The molecule has 0 aliphatic heterocycles. The van der Waals surface area contributed by atoms with E-state index in [4.69, 9.17) is 5.11 Å². The molecule has 0 atom stereocenters. The van der Waals surface area contributed by atoms with Gasteiger partial charge < -0.3 is 9.63 Å². The molecular weight excluding hydrogens is 226 g/mol. The Balaban J connectivity index is 1.94. The first kappa shape index (κ1) is 10.6. The third-order valence-electron chi connectivity index (χ3n) is 2.79. The standard InChI is InChI=1S/C15H11NO2/c17-15-10-14(16-18-15)13-8-6-12(7-9-13)11-4-2-1-3-5-11/h1-10,17H. The molecule has 0 amide bonds. The van der Waals surface area contributed by atoms with Gasteiger partial charge in [-0.1, -0.05) is 59.8 Å². The van der Waals surface area contributed by atoms with Crippen LogP contribution < -0.4 is 0 Å². The van der Waals surface area contributed by atoms with E-state index >= 15 is 0 Å². The molecule has 1 heterocycles. The summed E-state index contributed by atoms with van der Waals surface area (Å²) in [6.07, 6.45) is 0. The maximum atomic E-state index is 9.12. The second-order valence-electron chi connectivity index (χ2n) is 3.99. The summed E-state index contributed by atoms with van der Waals surface area (Å²) in [5.41, 5.74) is 3.87. The monoisotopic (exact) mass is 237 g/mol. The Morgan fingerprint density at radius 2 is 1.39 bits per heavy atom. The van der Waals surface area contributed by atoms with Crippen molar-refractivity contribution in [2.24, 2.45) is 0 Å². The minimum absolute atomic E-state index is 0.169. The van der Waals surface area contributed by atoms with Gasteiger partial charge >= 0.3 is 5.95 Å². The molecule has 3 aromatic rings. The van der Waals surface area contributed by atoms with Gasteiger partial charge in [-0.2, -0.15) is 0 Å². The van der Waals surface area contributed by atoms with E-state index in [0.29, 0.717) is 5.69 Å². The average molecular weight is 237 g/mol. The van der Waals surface area contributed by atoms with Crippen LogP contribution in [0.3, 0.4) is 0 Å². The van der Waals surface area contributed by atoms with E-state index in [1.807, 2.05) is 42.5 Å². The molecule has 3 nitrogen and oxygen atoms in total. The SMILES string of the molecule is Oc1cc(-c2ccc(-c3ccccc3)cc2)no1. The highest BCUT2D eigenvalue weighted by Crippen LogP contribution is 2.25. The highest BCUT2D eigenvalue weighted by atomic mass is 16.5. The van der Waals surface area contributed by atoms with Crippen molar-refractivity contribution in [1.29, 1.82) is 0 Å². The maximum Gasteiger partial charge on any atom is 0.309 e. The van der Waals surface area contributed by atoms with Crippen molar-refractivity contribution < 1.29 is 9.63 Å². The van der Waals surface area contributed by atoms with E-state index in [1.54, 1.807) is 0 Å². The Bertz CT molecular complexity index is 642. The first-order valence-electron chi connectivity index (χ1n) is 5.64. The lowest BCUT2D eigenvalue weighted by atomic mass is 10.0. The number of hydrogen-bond acceptors (Lipinski definition) is 3. The van der Waals surface area contributed by atoms with E-state index in [1.165, 1.54) is 11.6 Å². The molecule has 3 heteroatoms. The molecule has 88 valence electrons. The van der Waals surface area contributed by atoms with Gasteiger partial charge in [-0.05, 0) is 11.1 Å². The predicted octanol–water partition coefficient (Wildman–Crippen LogP) is 3.71. The van der Waals surface area contributed by atoms with Crippen LogP contribution in [0.15, 0.2) is 65.2 Å². The molecular formula is C15H11NO2. The second kappa shape index (κ2) is 4.37. The molecule has 0 fully saturated rings. The Hall–Kier alpha value is -2.55. The van der Waals surface area contributed by atoms with Gasteiger partial charge in [0.15, 0.2) is 0 Å². The quantitative estimate of drug-likeness (QED) is 0.739. The summed E-state index contributed by atoms with van der Waals surface area (Å²) in [6, 6.07) is 19.6. The van der Waals surface area contributed by atoms with E-state index in [0.717, 1.165) is 11.1 Å². The van der Waals surface area contributed by atoms with Crippen LogP contribution in [0.4, 0.5) is 0 Å². The summed E-state index contributed by atoms with van der Waals surface area (Å²) in [5.74, 6) is -0.169. The van der Waals surface area contributed by atoms with Crippen molar-refractivity contribution in [2.45, 2.75) is 0 Å². The first-order chi connectivity index (χ1) is 8.83. The van der Waals surface area contributed by atoms with Crippen LogP contribution in [-0.2, 0) is 0 Å². The number of aromatic hydroxyl groups is 1. The molecule has 0 radical (unpaired) electrons. The smallest absolute Gasteiger partial charge is 0.309 e. The van der Waals surface area contributed by atoms with Crippen LogP contribution in [-0.4, -0.2) is 10.3 Å². The molecule has 1 aromatic heterocycles. The summed E-state index contributed by atoms with van der Waals surface area (Å²) in [4.78, 5) is 0. The molecule has 0 unspecified atom stereocenters. The van der Waals surface area contributed by atoms with Crippen LogP contribution in [0, 0.1) is 0 Å². The molecule has 0 bridgehead atoms. The Morgan fingerprint density at radius 3 is 2.00 bits per heavy atom. The van der Waals surface area contributed by atoms with Crippen molar-refractivity contribution in [1.82, 2.24) is 5.16 Å². The van der Waals surface area contributed by atoms with Crippen molar-refractivity contribution in [2.75, 3.05) is 0 Å². The number of nitrogens with zero attached hydrogens (tertiary/aromatic N) is 1. The van der Waals surface area contributed by atoms with Gasteiger partial charge in [0.25, 0.3) is 0 Å². The minimum Gasteiger partial charge on any atom is -0.479 e. The molecule has 0 saturated carbocycles. The highest BCUT2D eigenvalue weighted by Gasteiger charge is 2.05. The van der Waals surface area contributed by atoms with Crippen LogP contribution >= 0.6 is 0 Å². The van der Waals surface area contributed by atoms with Crippen molar-refractivity contribution in [3.05, 3.63) is 60.7 Å². The Kier molecular flexibility index (Phi) is 2.57. The summed E-state index contributed by atoms with van der Waals surface area (Å²) in [5, 5.41) is 12.9. The second-order valence-corrected chi connectivity index (χ2v) is 3.99. The fourth-order valence-electron chi connectivity index (χ4n) is 1.87. The zero-order valence-electron chi connectivity index (χ0n) is 9.58. The molecule has 0 aliphatic carbocycles. The normalized spacial score (nSPS) is 10.4. The maximum absolute atomic E-state index is 9.12. The molecule has 0 saturated heterocycles. The first-order valence-corrected chi connectivity index (χ1v) is 5.64. The summed E-state index contributed by atoms with van der Waals surface area (Å²) >= 11 is 0. The van der Waals surface area contributed by atoms with Gasteiger partial charge in [-0.15, -0.1) is 0 Å². The van der Waals surface area contributed by atoms with Gasteiger partial charge in [0.05, 0.1) is 6.07 Å². The van der Waals surface area contributed by atoms with E-state index < -0.39 is 0 Å². The third kappa shape index (κ3) is 1.98. The fraction of sp³-hybridized carbons (Fsp3) is 0. The van der Waals surface area contributed by atoms with Gasteiger partial charge in [0.2, 0.25) is 0 Å². The van der Waals surface area contributed by atoms with Gasteiger partial charge in [-0.3, -0.25) is 0 Å². The minimum atomic E-state index is -0.169. The average Bonchev–Trinajstić information content (AvgIpc) is 2.87. The lowest BCUT2D eigenvalue weighted by Gasteiger charge is -2.02. The Morgan fingerprint density at radius 1 is 0.778 bits per heavy atom. The topological polar surface area (TPSA) is 46.3 Å². The molecule has 3 rings (SSSR count). The lowest BCUT2D eigenvalue weighted by Crippen LogP contribution is -1.79. The van der Waals surface area contributed by atoms with Crippen molar-refractivity contribution in [3.63, 3.8) is 0 Å². The molecule has 0 spiro atoms. The molecule has 2 aromatic carbocycles. The molecule has 1 N–H and O–H groups in total. The van der Waals surface area contributed by atoms with Gasteiger partial charge in [-0.25, -0.2) is 0 Å².